The quantitative estimate of drug-likeness (QED) is 0.155. The van der Waals surface area contributed by atoms with E-state index in [0.29, 0.717) is 79.7 Å². The largest absolute Gasteiger partial charge is 0.573 e. The van der Waals surface area contributed by atoms with Gasteiger partial charge in [-0.05, 0) is 67.0 Å². The molecule has 2 aliphatic rings. The van der Waals surface area contributed by atoms with Gasteiger partial charge in [-0.3, -0.25) is 4.79 Å². The molecule has 1 amide bonds. The summed E-state index contributed by atoms with van der Waals surface area (Å²) in [5.41, 5.74) is 2.23. The van der Waals surface area contributed by atoms with Gasteiger partial charge in [-0.25, -0.2) is 9.97 Å². The fraction of sp³-hybridized carbons (Fsp3) is 0.406. The number of alkyl halides is 3. The number of halogens is 3. The lowest BCUT2D eigenvalue weighted by molar-refractivity contribution is -0.274. The number of allylic oxidation sites excluding steroid dienone is 2. The first-order valence-corrected chi connectivity index (χ1v) is 14.6. The smallest absolute Gasteiger partial charge is 0.406 e. The summed E-state index contributed by atoms with van der Waals surface area (Å²) in [7, 11) is 0. The number of nitrogens with zero attached hydrogens (tertiary/aromatic N) is 2. The van der Waals surface area contributed by atoms with Crippen molar-refractivity contribution in [3.8, 4) is 17.0 Å². The van der Waals surface area contributed by atoms with Crippen LogP contribution in [0, 0.1) is 17.8 Å². The van der Waals surface area contributed by atoms with Crippen molar-refractivity contribution in [1.82, 2.24) is 15.3 Å². The molecule has 234 valence electrons. The number of hydrogen-bond acceptors (Lipinski definition) is 8. The highest BCUT2D eigenvalue weighted by Crippen LogP contribution is 2.43. The number of rotatable bonds is 16. The Kier molecular flexibility index (Phi) is 10.8. The number of benzene rings is 2. The lowest BCUT2D eigenvalue weighted by Crippen LogP contribution is -2.27. The average molecular weight is 613 g/mol. The molecule has 3 atom stereocenters. The fourth-order valence-electron chi connectivity index (χ4n) is 5.39. The van der Waals surface area contributed by atoms with Gasteiger partial charge in [-0.1, -0.05) is 24.3 Å². The Balaban J connectivity index is 0.977. The van der Waals surface area contributed by atoms with Crippen LogP contribution in [0.2, 0.25) is 0 Å². The predicted octanol–water partition coefficient (Wildman–Crippen LogP) is 5.78. The molecular formula is C32H35F3N4O5. The third kappa shape index (κ3) is 9.50. The summed E-state index contributed by atoms with van der Waals surface area (Å²) in [6.07, 6.45) is 3.80. The molecule has 3 aromatic rings. The van der Waals surface area contributed by atoms with Crippen LogP contribution in [0.25, 0.3) is 11.3 Å². The summed E-state index contributed by atoms with van der Waals surface area (Å²) in [6, 6.07) is 14.0. The summed E-state index contributed by atoms with van der Waals surface area (Å²) in [5.74, 6) is 1.97. The van der Waals surface area contributed by atoms with Gasteiger partial charge in [0.2, 0.25) is 0 Å². The lowest BCUT2D eigenvalue weighted by atomic mass is 9.95. The van der Waals surface area contributed by atoms with Crippen LogP contribution in [0.5, 0.6) is 5.75 Å². The molecule has 2 aliphatic carbocycles. The van der Waals surface area contributed by atoms with E-state index in [0.717, 1.165) is 12.5 Å². The van der Waals surface area contributed by atoms with Gasteiger partial charge in [0.05, 0.1) is 45.3 Å². The zero-order valence-electron chi connectivity index (χ0n) is 24.1. The number of carbonyl (C=O) groups is 1. The van der Waals surface area contributed by atoms with E-state index in [1.807, 2.05) is 6.07 Å². The van der Waals surface area contributed by atoms with E-state index in [1.54, 1.807) is 24.3 Å². The molecule has 2 N–H and O–H groups in total. The lowest BCUT2D eigenvalue weighted by Gasteiger charge is -2.17. The van der Waals surface area contributed by atoms with Crippen LogP contribution in [0.3, 0.4) is 0 Å². The van der Waals surface area contributed by atoms with Crippen molar-refractivity contribution in [3.63, 3.8) is 0 Å². The number of aromatic nitrogens is 2. The van der Waals surface area contributed by atoms with Crippen molar-refractivity contribution in [2.75, 3.05) is 51.5 Å². The third-order valence-corrected chi connectivity index (χ3v) is 7.47. The molecule has 9 nitrogen and oxygen atoms in total. The van der Waals surface area contributed by atoms with Crippen molar-refractivity contribution >= 4 is 17.4 Å². The number of ether oxygens (including phenoxy) is 4. The van der Waals surface area contributed by atoms with Gasteiger partial charge in [-0.2, -0.15) is 0 Å². The van der Waals surface area contributed by atoms with Crippen LogP contribution in [0.4, 0.5) is 24.7 Å². The molecule has 12 heteroatoms. The van der Waals surface area contributed by atoms with Crippen LogP contribution >= 0.6 is 0 Å². The highest BCUT2D eigenvalue weighted by atomic mass is 19.4. The van der Waals surface area contributed by atoms with Gasteiger partial charge >= 0.3 is 6.36 Å². The molecule has 0 unspecified atom stereocenters. The van der Waals surface area contributed by atoms with Gasteiger partial charge in [-0.15, -0.1) is 13.2 Å². The summed E-state index contributed by atoms with van der Waals surface area (Å²) >= 11 is 0. The third-order valence-electron chi connectivity index (χ3n) is 7.47. The number of amides is 1. The standard InChI is InChI=1S/C32H35F3N4O5/c33-32(34,35)44-28-8-6-27(7-9-28)39-30-19-29(37-21-38-30)24-2-1-3-25(18-24)31(40)36-10-11-41-12-13-42-14-15-43-20-26-17-22-4-5-23(26)16-22/h1-9,18-19,21-23,26H,10-17,20H2,(H,36,40)(H,37,38,39)/t22-,23-,26-/m1/s1. The van der Waals surface area contributed by atoms with Gasteiger partial charge in [0.1, 0.15) is 17.9 Å². The monoisotopic (exact) mass is 612 g/mol. The highest BCUT2D eigenvalue weighted by Gasteiger charge is 2.35. The Morgan fingerprint density at radius 2 is 1.66 bits per heavy atom. The fourth-order valence-corrected chi connectivity index (χ4v) is 5.39. The zero-order valence-corrected chi connectivity index (χ0v) is 24.1. The summed E-state index contributed by atoms with van der Waals surface area (Å²) in [4.78, 5) is 21.1. The minimum absolute atomic E-state index is 0.247. The topological polar surface area (TPSA) is 104 Å². The summed E-state index contributed by atoms with van der Waals surface area (Å²) in [6.45, 7) is 3.51. The first kappa shape index (κ1) is 31.4. The SMILES string of the molecule is O=C(NCCOCCOCCOC[C@H]1C[C@@H]2C=C[C@@H]1C2)c1cccc(-c2cc(Nc3ccc(OC(F)(F)F)cc3)ncn2)c1. The van der Waals surface area contributed by atoms with E-state index in [9.17, 15) is 18.0 Å². The number of nitrogens with one attached hydrogen (secondary N) is 2. The number of anilines is 2. The highest BCUT2D eigenvalue weighted by molar-refractivity contribution is 5.95. The summed E-state index contributed by atoms with van der Waals surface area (Å²) < 4.78 is 57.9. The maximum atomic E-state index is 12.7. The van der Waals surface area contributed by atoms with E-state index < -0.39 is 6.36 Å². The first-order chi connectivity index (χ1) is 21.3. The maximum Gasteiger partial charge on any atom is 0.573 e. The minimum atomic E-state index is -4.76. The molecule has 1 aromatic heterocycles. The van der Waals surface area contributed by atoms with E-state index in [2.05, 4.69) is 37.5 Å². The molecule has 0 aliphatic heterocycles. The molecule has 44 heavy (non-hydrogen) atoms. The van der Waals surface area contributed by atoms with E-state index in [1.165, 1.54) is 43.4 Å². The van der Waals surface area contributed by atoms with E-state index in [-0.39, 0.29) is 11.7 Å². The molecule has 1 heterocycles. The van der Waals surface area contributed by atoms with Crippen molar-refractivity contribution in [2.45, 2.75) is 19.2 Å². The second-order valence-electron chi connectivity index (χ2n) is 10.7. The van der Waals surface area contributed by atoms with Gasteiger partial charge in [0, 0.05) is 29.4 Å². The van der Waals surface area contributed by atoms with Crippen molar-refractivity contribution in [2.24, 2.45) is 17.8 Å². The second-order valence-corrected chi connectivity index (χ2v) is 10.7. The number of carbonyl (C=O) groups excluding carboxylic acids is 1. The Bertz CT molecular complexity index is 1400. The normalized spacial score (nSPS) is 18.8. The number of fused-ring (bicyclic) bond motifs is 2. The first-order valence-electron chi connectivity index (χ1n) is 14.6. The van der Waals surface area contributed by atoms with E-state index >= 15 is 0 Å². The van der Waals surface area contributed by atoms with Crippen molar-refractivity contribution in [1.29, 1.82) is 0 Å². The molecule has 5 rings (SSSR count). The van der Waals surface area contributed by atoms with Gasteiger partial charge < -0.3 is 29.6 Å². The average Bonchev–Trinajstić information content (AvgIpc) is 3.64. The second kappa shape index (κ2) is 15.1. The molecule has 0 saturated heterocycles. The molecule has 0 radical (unpaired) electrons. The Hall–Kier alpha value is -4.00. The Morgan fingerprint density at radius 3 is 2.39 bits per heavy atom. The Labute approximate surface area is 253 Å². The van der Waals surface area contributed by atoms with Crippen LogP contribution in [-0.2, 0) is 14.2 Å². The Morgan fingerprint density at radius 1 is 0.886 bits per heavy atom. The van der Waals surface area contributed by atoms with Crippen molar-refractivity contribution in [3.05, 3.63) is 78.6 Å². The number of hydrogen-bond donors (Lipinski definition) is 2. The summed E-state index contributed by atoms with van der Waals surface area (Å²) in [5, 5.41) is 5.86. The van der Waals surface area contributed by atoms with Crippen molar-refractivity contribution < 1.29 is 36.9 Å². The molecule has 1 saturated carbocycles. The van der Waals surface area contributed by atoms with Gasteiger partial charge in [0.15, 0.2) is 0 Å². The van der Waals surface area contributed by atoms with Crippen LogP contribution in [0.1, 0.15) is 23.2 Å². The molecule has 1 fully saturated rings. The van der Waals surface area contributed by atoms with Crippen LogP contribution in [0.15, 0.2) is 73.1 Å². The van der Waals surface area contributed by atoms with Crippen LogP contribution < -0.4 is 15.4 Å². The van der Waals surface area contributed by atoms with E-state index in [4.69, 9.17) is 14.2 Å². The molecular weight excluding hydrogens is 577 g/mol. The minimum Gasteiger partial charge on any atom is -0.406 e. The maximum absolute atomic E-state index is 12.7. The molecule has 2 aromatic carbocycles. The molecule has 2 bridgehead atoms. The van der Waals surface area contributed by atoms with Gasteiger partial charge in [0.25, 0.3) is 5.91 Å². The predicted molar refractivity (Wildman–Crippen MR) is 158 cm³/mol. The zero-order chi connectivity index (χ0) is 30.8. The van der Waals surface area contributed by atoms with Crippen LogP contribution in [-0.4, -0.2) is 68.4 Å². The molecule has 0 spiro atoms.